The lowest BCUT2D eigenvalue weighted by Gasteiger charge is -2.11. The molecule has 1 N–H and O–H groups in total. The molecule has 0 atom stereocenters. The van der Waals surface area contributed by atoms with E-state index in [1.807, 2.05) is 0 Å². The van der Waals surface area contributed by atoms with Gasteiger partial charge in [-0.1, -0.05) is 6.07 Å². The fraction of sp³-hybridized carbons (Fsp3) is 0.143. The molecule has 2 aromatic carbocycles. The van der Waals surface area contributed by atoms with Crippen molar-refractivity contribution in [1.82, 2.24) is 19.2 Å². The molecule has 0 saturated carbocycles. The molecule has 0 bridgehead atoms. The first-order valence-corrected chi connectivity index (χ1v) is 9.38. The zero-order chi connectivity index (χ0) is 22.7. The number of carbonyl (C=O) groups excluding carboxylic acids is 1. The van der Waals surface area contributed by atoms with Gasteiger partial charge in [-0.15, -0.1) is 5.10 Å². The second kappa shape index (κ2) is 8.76. The van der Waals surface area contributed by atoms with Crippen molar-refractivity contribution in [1.29, 1.82) is 0 Å². The highest BCUT2D eigenvalue weighted by molar-refractivity contribution is 5.92. The molecule has 0 saturated heterocycles. The van der Waals surface area contributed by atoms with E-state index < -0.39 is 17.4 Å². The third-order valence-electron chi connectivity index (χ3n) is 4.46. The number of rotatable bonds is 7. The van der Waals surface area contributed by atoms with Crippen molar-refractivity contribution in [2.45, 2.75) is 6.54 Å². The second-order valence-corrected chi connectivity index (χ2v) is 6.54. The first-order valence-electron chi connectivity index (χ1n) is 9.38. The molecule has 0 fully saturated rings. The van der Waals surface area contributed by atoms with E-state index in [0.29, 0.717) is 17.2 Å². The quantitative estimate of drug-likeness (QED) is 0.471. The van der Waals surface area contributed by atoms with Crippen LogP contribution >= 0.6 is 0 Å². The average molecular weight is 439 g/mol. The summed E-state index contributed by atoms with van der Waals surface area (Å²) in [5.41, 5.74) is -0.0770. The second-order valence-electron chi connectivity index (χ2n) is 6.54. The Bertz CT molecular complexity index is 1350. The van der Waals surface area contributed by atoms with Crippen LogP contribution in [-0.2, 0) is 11.3 Å². The van der Waals surface area contributed by atoms with Crippen LogP contribution in [0.25, 0.3) is 5.65 Å². The number of halogens is 1. The van der Waals surface area contributed by atoms with Gasteiger partial charge in [0.15, 0.2) is 0 Å². The molecule has 0 radical (unpaired) electrons. The summed E-state index contributed by atoms with van der Waals surface area (Å²) in [5, 5.41) is 6.83. The number of nitrogens with zero attached hydrogens (tertiary/aromatic N) is 4. The van der Waals surface area contributed by atoms with Crippen molar-refractivity contribution in [3.63, 3.8) is 0 Å². The minimum atomic E-state index is -0.566. The summed E-state index contributed by atoms with van der Waals surface area (Å²) >= 11 is 0. The molecule has 0 aliphatic heterocycles. The largest absolute Gasteiger partial charge is 0.497 e. The molecule has 0 aliphatic rings. The summed E-state index contributed by atoms with van der Waals surface area (Å²) in [7, 11) is 2.98. The molecule has 2 aromatic heterocycles. The van der Waals surface area contributed by atoms with E-state index in [9.17, 15) is 14.0 Å². The van der Waals surface area contributed by atoms with Gasteiger partial charge in [0.25, 0.3) is 5.88 Å². The van der Waals surface area contributed by atoms with E-state index in [1.54, 1.807) is 24.3 Å². The molecule has 1 amide bonds. The standard InChI is InChI=1S/C21H18FN5O5/c1-30-14-6-7-16(17(11-14)31-2)24-18(28)12-27-21(29)26-9-8-23-20(19(26)25-27)32-15-5-3-4-13(22)10-15/h3-11H,12H2,1-2H3,(H,24,28). The van der Waals surface area contributed by atoms with Gasteiger partial charge in [-0.2, -0.15) is 0 Å². The Kier molecular flexibility index (Phi) is 5.71. The predicted molar refractivity (Wildman–Crippen MR) is 112 cm³/mol. The van der Waals surface area contributed by atoms with Crippen LogP contribution in [-0.4, -0.2) is 39.3 Å². The third kappa shape index (κ3) is 4.21. The molecule has 0 spiro atoms. The first-order chi connectivity index (χ1) is 15.5. The van der Waals surface area contributed by atoms with Crippen LogP contribution in [0, 0.1) is 5.82 Å². The van der Waals surface area contributed by atoms with Crippen LogP contribution in [0.5, 0.6) is 23.1 Å². The molecule has 4 aromatic rings. The number of carbonyl (C=O) groups is 1. The monoisotopic (exact) mass is 439 g/mol. The van der Waals surface area contributed by atoms with Gasteiger partial charge < -0.3 is 19.5 Å². The van der Waals surface area contributed by atoms with E-state index in [0.717, 1.165) is 4.68 Å². The predicted octanol–water partition coefficient (Wildman–Crippen LogP) is 2.48. The van der Waals surface area contributed by atoms with Crippen molar-refractivity contribution in [3.8, 4) is 23.1 Å². The lowest BCUT2D eigenvalue weighted by molar-refractivity contribution is -0.117. The van der Waals surface area contributed by atoms with Crippen molar-refractivity contribution in [3.05, 3.63) is 71.2 Å². The number of amides is 1. The van der Waals surface area contributed by atoms with Crippen molar-refractivity contribution in [2.24, 2.45) is 0 Å². The Labute approximate surface area is 180 Å². The first kappa shape index (κ1) is 20.8. The van der Waals surface area contributed by atoms with Crippen LogP contribution in [0.15, 0.2) is 59.7 Å². The molecule has 10 nitrogen and oxygen atoms in total. The maximum Gasteiger partial charge on any atom is 0.351 e. The molecule has 0 unspecified atom stereocenters. The topological polar surface area (TPSA) is 109 Å². The third-order valence-corrected chi connectivity index (χ3v) is 4.46. The molecular weight excluding hydrogens is 421 g/mol. The smallest absolute Gasteiger partial charge is 0.351 e. The van der Waals surface area contributed by atoms with Crippen molar-refractivity contribution < 1.29 is 23.4 Å². The van der Waals surface area contributed by atoms with Crippen molar-refractivity contribution >= 4 is 17.2 Å². The van der Waals surface area contributed by atoms with Gasteiger partial charge in [-0.25, -0.2) is 23.3 Å². The summed E-state index contributed by atoms with van der Waals surface area (Å²) < 4.78 is 31.6. The number of anilines is 1. The SMILES string of the molecule is COc1ccc(NC(=O)Cn2nc3c(Oc4cccc(F)c4)nccn3c2=O)c(OC)c1. The molecule has 4 rings (SSSR count). The highest BCUT2D eigenvalue weighted by Gasteiger charge is 2.17. The number of benzene rings is 2. The minimum absolute atomic E-state index is 0.00816. The molecular formula is C21H18FN5O5. The van der Waals surface area contributed by atoms with Gasteiger partial charge in [0.1, 0.15) is 29.6 Å². The minimum Gasteiger partial charge on any atom is -0.497 e. The Balaban J connectivity index is 1.58. The number of hydrogen-bond acceptors (Lipinski definition) is 7. The molecule has 164 valence electrons. The highest BCUT2D eigenvalue weighted by Crippen LogP contribution is 2.29. The van der Waals surface area contributed by atoms with Crippen LogP contribution in [0.2, 0.25) is 0 Å². The summed E-state index contributed by atoms with van der Waals surface area (Å²) in [5.74, 6) is 0.162. The number of hydrogen-bond donors (Lipinski definition) is 1. The molecule has 32 heavy (non-hydrogen) atoms. The van der Waals surface area contributed by atoms with E-state index >= 15 is 0 Å². The fourth-order valence-corrected chi connectivity index (χ4v) is 2.97. The number of methoxy groups -OCH3 is 2. The van der Waals surface area contributed by atoms with E-state index in [4.69, 9.17) is 14.2 Å². The number of fused-ring (bicyclic) bond motifs is 1. The Hall–Kier alpha value is -4.41. The molecule has 2 heterocycles. The zero-order valence-electron chi connectivity index (χ0n) is 17.1. The normalized spacial score (nSPS) is 10.7. The number of nitrogens with one attached hydrogen (secondary N) is 1. The zero-order valence-corrected chi connectivity index (χ0v) is 17.1. The van der Waals surface area contributed by atoms with Gasteiger partial charge in [-0.3, -0.25) is 4.79 Å². The van der Waals surface area contributed by atoms with E-state index in [2.05, 4.69) is 15.4 Å². The highest BCUT2D eigenvalue weighted by atomic mass is 19.1. The van der Waals surface area contributed by atoms with Gasteiger partial charge in [0.05, 0.1) is 19.9 Å². The summed E-state index contributed by atoms with van der Waals surface area (Å²) in [6, 6.07) is 10.4. The average Bonchev–Trinajstić information content (AvgIpc) is 3.10. The number of aromatic nitrogens is 4. The van der Waals surface area contributed by atoms with E-state index in [1.165, 1.54) is 49.2 Å². The fourth-order valence-electron chi connectivity index (χ4n) is 2.97. The van der Waals surface area contributed by atoms with Gasteiger partial charge in [0, 0.05) is 24.5 Å². The van der Waals surface area contributed by atoms with Crippen LogP contribution in [0.3, 0.4) is 0 Å². The van der Waals surface area contributed by atoms with Gasteiger partial charge in [0.2, 0.25) is 11.6 Å². The van der Waals surface area contributed by atoms with Crippen molar-refractivity contribution in [2.75, 3.05) is 19.5 Å². The summed E-state index contributed by atoms with van der Waals surface area (Å²) in [6.45, 7) is -0.366. The van der Waals surface area contributed by atoms with Gasteiger partial charge in [-0.05, 0) is 24.3 Å². The summed E-state index contributed by atoms with van der Waals surface area (Å²) in [4.78, 5) is 29.3. The van der Waals surface area contributed by atoms with Crippen LogP contribution in [0.1, 0.15) is 0 Å². The molecule has 0 aliphatic carbocycles. The summed E-state index contributed by atoms with van der Waals surface area (Å²) in [6.07, 6.45) is 2.74. The Morgan fingerprint density at radius 2 is 1.97 bits per heavy atom. The van der Waals surface area contributed by atoms with Crippen LogP contribution in [0.4, 0.5) is 10.1 Å². The van der Waals surface area contributed by atoms with E-state index in [-0.39, 0.29) is 23.8 Å². The van der Waals surface area contributed by atoms with Crippen LogP contribution < -0.4 is 25.2 Å². The lowest BCUT2D eigenvalue weighted by Crippen LogP contribution is -2.28. The lowest BCUT2D eigenvalue weighted by atomic mass is 10.2. The maximum atomic E-state index is 13.4. The Morgan fingerprint density at radius 3 is 2.72 bits per heavy atom. The Morgan fingerprint density at radius 1 is 1.12 bits per heavy atom. The maximum absolute atomic E-state index is 13.4. The van der Waals surface area contributed by atoms with Gasteiger partial charge >= 0.3 is 5.69 Å². The molecule has 11 heteroatoms. The number of ether oxygens (including phenoxy) is 3.